The van der Waals surface area contributed by atoms with Crippen molar-refractivity contribution >= 4 is 12.1 Å². The molecule has 0 unspecified atom stereocenters. The second-order valence-corrected chi connectivity index (χ2v) is 7.83. The van der Waals surface area contributed by atoms with Crippen LogP contribution in [-0.4, -0.2) is 40.0 Å². The van der Waals surface area contributed by atoms with Crippen molar-refractivity contribution in [1.29, 1.82) is 0 Å². The Kier molecular flexibility index (Phi) is 6.92. The van der Waals surface area contributed by atoms with E-state index in [4.69, 9.17) is 4.84 Å². The minimum absolute atomic E-state index is 0.0975. The van der Waals surface area contributed by atoms with E-state index in [1.54, 1.807) is 6.21 Å². The van der Waals surface area contributed by atoms with Crippen molar-refractivity contribution in [2.24, 2.45) is 11.0 Å². The van der Waals surface area contributed by atoms with Crippen molar-refractivity contribution < 1.29 is 14.7 Å². The lowest BCUT2D eigenvalue weighted by atomic mass is 9.78. The maximum atomic E-state index is 11.1. The normalized spacial score (nSPS) is 26.7. The number of rotatable bonds is 8. The number of hydrazone groups is 1. The summed E-state index contributed by atoms with van der Waals surface area (Å²) < 4.78 is 0. The molecule has 0 saturated carbocycles. The fourth-order valence-electron chi connectivity index (χ4n) is 3.86. The predicted octanol–water partition coefficient (Wildman–Crippen LogP) is 2.87. The molecule has 6 nitrogen and oxygen atoms in total. The zero-order valence-corrected chi connectivity index (χ0v) is 16.2. The van der Waals surface area contributed by atoms with Crippen LogP contribution in [0.1, 0.15) is 52.5 Å². The molecule has 1 fully saturated rings. The van der Waals surface area contributed by atoms with Crippen LogP contribution in [0.5, 0.6) is 0 Å². The van der Waals surface area contributed by atoms with Crippen molar-refractivity contribution in [3.63, 3.8) is 0 Å². The molecule has 1 aliphatic rings. The summed E-state index contributed by atoms with van der Waals surface area (Å²) in [7, 11) is 0. The number of aliphatic hydroxyl groups excluding tert-OH is 1. The number of benzene rings is 1. The molecular formula is C20H31N3O3. The van der Waals surface area contributed by atoms with Gasteiger partial charge in [-0.05, 0) is 31.2 Å². The van der Waals surface area contributed by atoms with Gasteiger partial charge in [0.2, 0.25) is 5.91 Å². The van der Waals surface area contributed by atoms with Crippen LogP contribution in [0, 0.1) is 5.92 Å². The molecule has 1 saturated heterocycles. The molecule has 2 N–H and O–H groups in total. The summed E-state index contributed by atoms with van der Waals surface area (Å²) in [6, 6.07) is 10.2. The summed E-state index contributed by atoms with van der Waals surface area (Å²) in [4.78, 5) is 17.4. The highest BCUT2D eigenvalue weighted by molar-refractivity contribution is 5.75. The van der Waals surface area contributed by atoms with Crippen molar-refractivity contribution in [3.8, 4) is 0 Å². The summed E-state index contributed by atoms with van der Waals surface area (Å²) in [6.07, 6.45) is 3.89. The number of hydrogen-bond acceptors (Lipinski definition) is 5. The van der Waals surface area contributed by atoms with Crippen LogP contribution in [0.25, 0.3) is 0 Å². The van der Waals surface area contributed by atoms with Gasteiger partial charge in [0.05, 0.1) is 11.8 Å². The molecule has 144 valence electrons. The van der Waals surface area contributed by atoms with E-state index in [0.717, 1.165) is 12.0 Å². The van der Waals surface area contributed by atoms with Crippen molar-refractivity contribution in [1.82, 2.24) is 10.5 Å². The Morgan fingerprint density at radius 1 is 1.42 bits per heavy atom. The number of hydroxylamine groups is 2. The van der Waals surface area contributed by atoms with Crippen LogP contribution in [-0.2, 0) is 16.2 Å². The Hall–Kier alpha value is -1.76. The van der Waals surface area contributed by atoms with Crippen LogP contribution in [0.4, 0.5) is 0 Å². The van der Waals surface area contributed by atoms with Crippen LogP contribution in [0.2, 0.25) is 0 Å². The molecular weight excluding hydrogens is 330 g/mol. The Balaban J connectivity index is 2.29. The first kappa shape index (κ1) is 20.6. The van der Waals surface area contributed by atoms with Gasteiger partial charge in [0.1, 0.15) is 5.60 Å². The molecule has 0 spiro atoms. The molecule has 0 bridgehead atoms. The molecule has 0 aliphatic carbocycles. The zero-order chi connectivity index (χ0) is 19.2. The van der Waals surface area contributed by atoms with Gasteiger partial charge in [-0.2, -0.15) is 10.2 Å². The third-order valence-corrected chi connectivity index (χ3v) is 4.62. The van der Waals surface area contributed by atoms with E-state index in [9.17, 15) is 9.90 Å². The lowest BCUT2D eigenvalue weighted by molar-refractivity contribution is -0.211. The van der Waals surface area contributed by atoms with Gasteiger partial charge in [-0.25, -0.2) is 5.43 Å². The quantitative estimate of drug-likeness (QED) is 0.551. The molecule has 26 heavy (non-hydrogen) atoms. The van der Waals surface area contributed by atoms with Crippen molar-refractivity contribution in [3.05, 3.63) is 35.9 Å². The average Bonchev–Trinajstić information content (AvgIpc) is 2.79. The summed E-state index contributed by atoms with van der Waals surface area (Å²) in [5.74, 6) is 0.242. The largest absolute Gasteiger partial charge is 0.396 e. The number of carbonyl (C=O) groups is 1. The lowest BCUT2D eigenvalue weighted by Gasteiger charge is -2.37. The number of amides is 1. The van der Waals surface area contributed by atoms with Gasteiger partial charge >= 0.3 is 0 Å². The fourth-order valence-corrected chi connectivity index (χ4v) is 3.86. The van der Waals surface area contributed by atoms with E-state index in [-0.39, 0.29) is 18.1 Å². The van der Waals surface area contributed by atoms with E-state index >= 15 is 0 Å². The topological polar surface area (TPSA) is 74.2 Å². The number of hydrogen-bond donors (Lipinski definition) is 2. The molecule has 0 aromatic heterocycles. The van der Waals surface area contributed by atoms with Crippen molar-refractivity contribution in [2.45, 2.75) is 64.6 Å². The van der Waals surface area contributed by atoms with E-state index in [1.807, 2.05) is 30.2 Å². The molecule has 1 aliphatic heterocycles. The summed E-state index contributed by atoms with van der Waals surface area (Å²) in [6.45, 7) is 8.49. The smallest absolute Gasteiger partial charge is 0.236 e. The SMILES string of the molecule is CC(=O)NN=C[C@@]1(C)C[C@@](CCO)(CC(C)C)N(Cc2ccccc2)O1. The highest BCUT2D eigenvalue weighted by Crippen LogP contribution is 2.44. The minimum Gasteiger partial charge on any atom is -0.396 e. The first-order valence-corrected chi connectivity index (χ1v) is 9.21. The highest BCUT2D eigenvalue weighted by Gasteiger charge is 2.52. The van der Waals surface area contributed by atoms with Gasteiger partial charge in [0.25, 0.3) is 0 Å². The minimum atomic E-state index is -0.638. The maximum Gasteiger partial charge on any atom is 0.236 e. The third-order valence-electron chi connectivity index (χ3n) is 4.62. The van der Waals surface area contributed by atoms with E-state index in [1.165, 1.54) is 6.92 Å². The number of nitrogens with one attached hydrogen (secondary N) is 1. The molecule has 1 aromatic carbocycles. The summed E-state index contributed by atoms with van der Waals surface area (Å²) >= 11 is 0. The Bertz CT molecular complexity index is 620. The van der Waals surface area contributed by atoms with Gasteiger partial charge in [-0.1, -0.05) is 44.2 Å². The van der Waals surface area contributed by atoms with E-state index < -0.39 is 5.60 Å². The first-order valence-electron chi connectivity index (χ1n) is 9.21. The molecule has 2 rings (SSSR count). The highest BCUT2D eigenvalue weighted by atomic mass is 16.7. The number of carbonyl (C=O) groups excluding carboxylic acids is 1. The first-order chi connectivity index (χ1) is 12.3. The fraction of sp³-hybridized carbons (Fsp3) is 0.600. The van der Waals surface area contributed by atoms with Gasteiger partial charge < -0.3 is 5.11 Å². The Morgan fingerprint density at radius 3 is 2.69 bits per heavy atom. The van der Waals surface area contributed by atoms with Gasteiger partial charge in [-0.15, -0.1) is 0 Å². The molecule has 0 radical (unpaired) electrons. The predicted molar refractivity (Wildman–Crippen MR) is 102 cm³/mol. The Morgan fingerprint density at radius 2 is 2.12 bits per heavy atom. The zero-order valence-electron chi connectivity index (χ0n) is 16.2. The standard InChI is InChI=1S/C20H31N3O3/c1-16(2)12-20(10-11-24)14-19(4,15-21-22-17(3)25)26-23(20)13-18-8-6-5-7-9-18/h5-9,15-16,24H,10-14H2,1-4H3,(H,22,25)/t19-,20-/m1/s1. The number of aliphatic hydroxyl groups is 1. The van der Waals surface area contributed by atoms with Crippen LogP contribution in [0.3, 0.4) is 0 Å². The van der Waals surface area contributed by atoms with E-state index in [0.29, 0.717) is 25.3 Å². The van der Waals surface area contributed by atoms with Crippen molar-refractivity contribution in [2.75, 3.05) is 6.61 Å². The maximum absolute atomic E-state index is 11.1. The van der Waals surface area contributed by atoms with Crippen LogP contribution < -0.4 is 5.43 Å². The van der Waals surface area contributed by atoms with Crippen LogP contribution in [0.15, 0.2) is 35.4 Å². The molecule has 2 atom stereocenters. The summed E-state index contributed by atoms with van der Waals surface area (Å²) in [5, 5.41) is 15.8. The monoisotopic (exact) mass is 361 g/mol. The molecule has 6 heteroatoms. The molecule has 1 heterocycles. The Labute approximate surface area is 156 Å². The van der Waals surface area contributed by atoms with E-state index in [2.05, 4.69) is 36.5 Å². The number of nitrogens with zero attached hydrogens (tertiary/aromatic N) is 2. The van der Waals surface area contributed by atoms with Gasteiger partial charge in [0.15, 0.2) is 0 Å². The van der Waals surface area contributed by atoms with Gasteiger partial charge in [-0.3, -0.25) is 9.63 Å². The van der Waals surface area contributed by atoms with Crippen LogP contribution >= 0.6 is 0 Å². The molecule has 1 aromatic rings. The average molecular weight is 361 g/mol. The molecule has 1 amide bonds. The van der Waals surface area contributed by atoms with Gasteiger partial charge in [0, 0.05) is 26.5 Å². The second kappa shape index (κ2) is 8.75. The summed E-state index contributed by atoms with van der Waals surface area (Å²) in [5.41, 5.74) is 2.68. The third kappa shape index (κ3) is 5.37. The second-order valence-electron chi connectivity index (χ2n) is 7.83. The lowest BCUT2D eigenvalue weighted by Crippen LogP contribution is -2.44.